The van der Waals surface area contributed by atoms with Crippen molar-refractivity contribution in [1.82, 2.24) is 19.6 Å². The second-order valence-electron chi connectivity index (χ2n) is 5.66. The molecule has 0 saturated heterocycles. The molecule has 4 aromatic rings. The molecule has 25 heavy (non-hydrogen) atoms. The van der Waals surface area contributed by atoms with Gasteiger partial charge in [0.15, 0.2) is 11.6 Å². The summed E-state index contributed by atoms with van der Waals surface area (Å²) in [6, 6.07) is 17.9. The van der Waals surface area contributed by atoms with E-state index < -0.39 is 0 Å². The van der Waals surface area contributed by atoms with E-state index in [1.807, 2.05) is 53.1 Å². The molecule has 2 aromatic carbocycles. The molecule has 0 atom stereocenters. The molecule has 4 rings (SSSR count). The quantitative estimate of drug-likeness (QED) is 0.589. The van der Waals surface area contributed by atoms with E-state index in [9.17, 15) is 0 Å². The maximum atomic E-state index is 5.96. The Morgan fingerprint density at radius 3 is 2.56 bits per heavy atom. The van der Waals surface area contributed by atoms with Gasteiger partial charge in [-0.05, 0) is 36.2 Å². The van der Waals surface area contributed by atoms with E-state index in [0.29, 0.717) is 10.7 Å². The average molecular weight is 350 g/mol. The lowest BCUT2D eigenvalue weighted by Crippen LogP contribution is -2.08. The van der Waals surface area contributed by atoms with E-state index in [1.165, 1.54) is 5.56 Å². The van der Waals surface area contributed by atoms with E-state index in [2.05, 4.69) is 32.6 Å². The van der Waals surface area contributed by atoms with Crippen molar-refractivity contribution in [3.05, 3.63) is 77.6 Å². The van der Waals surface area contributed by atoms with Crippen molar-refractivity contribution in [2.75, 3.05) is 11.9 Å². The van der Waals surface area contributed by atoms with Gasteiger partial charge in [-0.1, -0.05) is 41.9 Å². The Hall–Kier alpha value is -2.92. The molecule has 5 nitrogen and oxygen atoms in total. The van der Waals surface area contributed by atoms with Crippen LogP contribution in [0.2, 0.25) is 5.02 Å². The summed E-state index contributed by atoms with van der Waals surface area (Å²) in [5, 5.41) is 12.7. The highest BCUT2D eigenvalue weighted by Crippen LogP contribution is 2.22. The molecule has 6 heteroatoms. The van der Waals surface area contributed by atoms with Crippen LogP contribution in [0.1, 0.15) is 5.56 Å². The first-order valence-electron chi connectivity index (χ1n) is 8.05. The number of nitrogens with zero attached hydrogens (tertiary/aromatic N) is 4. The first-order valence-corrected chi connectivity index (χ1v) is 8.42. The summed E-state index contributed by atoms with van der Waals surface area (Å²) in [5.74, 6) is 1.49. The maximum Gasteiger partial charge on any atom is 0.203 e. The molecule has 0 bridgehead atoms. The number of nitrogens with one attached hydrogen (secondary N) is 1. The largest absolute Gasteiger partial charge is 0.367 e. The monoisotopic (exact) mass is 349 g/mol. The summed E-state index contributed by atoms with van der Waals surface area (Å²) in [5.41, 5.74) is 2.95. The molecule has 1 N–H and O–H groups in total. The van der Waals surface area contributed by atoms with Gasteiger partial charge in [-0.2, -0.15) is 0 Å². The zero-order valence-corrected chi connectivity index (χ0v) is 14.2. The molecule has 2 aromatic heterocycles. The molecule has 2 heterocycles. The lowest BCUT2D eigenvalue weighted by Gasteiger charge is -2.07. The number of anilines is 1. The van der Waals surface area contributed by atoms with E-state index in [0.717, 1.165) is 30.2 Å². The van der Waals surface area contributed by atoms with E-state index >= 15 is 0 Å². The number of halogens is 1. The molecule has 0 fully saturated rings. The van der Waals surface area contributed by atoms with Gasteiger partial charge in [0.1, 0.15) is 0 Å². The summed E-state index contributed by atoms with van der Waals surface area (Å²) < 4.78 is 1.93. The standard InChI is InChI=1S/C19H16ClN5/c20-16-8-6-15(7-9-16)18-23-24-19-17(22-12-13-25(18)19)21-11-10-14-4-2-1-3-5-14/h1-9,12-13H,10-11H2,(H,21,22). The van der Waals surface area contributed by atoms with Crippen LogP contribution < -0.4 is 5.32 Å². The van der Waals surface area contributed by atoms with Crippen LogP contribution in [0.5, 0.6) is 0 Å². The predicted molar refractivity (Wildman–Crippen MR) is 99.9 cm³/mol. The summed E-state index contributed by atoms with van der Waals surface area (Å²) >= 11 is 5.96. The average Bonchev–Trinajstić information content (AvgIpc) is 3.08. The smallest absolute Gasteiger partial charge is 0.203 e. The van der Waals surface area contributed by atoms with Gasteiger partial charge in [-0.25, -0.2) is 4.98 Å². The zero-order valence-electron chi connectivity index (χ0n) is 13.4. The highest BCUT2D eigenvalue weighted by Gasteiger charge is 2.11. The molecular formula is C19H16ClN5. The van der Waals surface area contributed by atoms with Crippen molar-refractivity contribution in [2.45, 2.75) is 6.42 Å². The normalized spacial score (nSPS) is 10.9. The minimum absolute atomic E-state index is 0.697. The van der Waals surface area contributed by atoms with Crippen LogP contribution in [0, 0.1) is 0 Å². The summed E-state index contributed by atoms with van der Waals surface area (Å²) in [6.07, 6.45) is 4.53. The Morgan fingerprint density at radius 2 is 1.76 bits per heavy atom. The minimum atomic E-state index is 0.697. The number of hydrogen-bond donors (Lipinski definition) is 1. The Balaban J connectivity index is 1.57. The fourth-order valence-corrected chi connectivity index (χ4v) is 2.84. The highest BCUT2D eigenvalue weighted by molar-refractivity contribution is 6.30. The second kappa shape index (κ2) is 6.91. The number of rotatable bonds is 5. The van der Waals surface area contributed by atoms with Crippen molar-refractivity contribution in [1.29, 1.82) is 0 Å². The Kier molecular flexibility index (Phi) is 4.31. The minimum Gasteiger partial charge on any atom is -0.367 e. The van der Waals surface area contributed by atoms with Gasteiger partial charge in [-0.15, -0.1) is 10.2 Å². The number of hydrogen-bond acceptors (Lipinski definition) is 4. The molecular weight excluding hydrogens is 334 g/mol. The first-order chi connectivity index (χ1) is 12.3. The second-order valence-corrected chi connectivity index (χ2v) is 6.10. The zero-order chi connectivity index (χ0) is 17.1. The van der Waals surface area contributed by atoms with Gasteiger partial charge in [-0.3, -0.25) is 4.40 Å². The Bertz CT molecular complexity index is 980. The molecule has 0 aliphatic carbocycles. The highest BCUT2D eigenvalue weighted by atomic mass is 35.5. The van der Waals surface area contributed by atoms with Crippen molar-refractivity contribution in [2.24, 2.45) is 0 Å². The lowest BCUT2D eigenvalue weighted by molar-refractivity contribution is 0.998. The molecule has 0 saturated carbocycles. The van der Waals surface area contributed by atoms with E-state index in [4.69, 9.17) is 11.6 Å². The lowest BCUT2D eigenvalue weighted by atomic mass is 10.1. The molecule has 0 radical (unpaired) electrons. The van der Waals surface area contributed by atoms with Crippen LogP contribution in [0.15, 0.2) is 67.0 Å². The van der Waals surface area contributed by atoms with Gasteiger partial charge in [0, 0.05) is 29.5 Å². The SMILES string of the molecule is Clc1ccc(-c2nnc3c(NCCc4ccccc4)nccn23)cc1. The summed E-state index contributed by atoms with van der Waals surface area (Å²) in [4.78, 5) is 4.40. The number of benzene rings is 2. The van der Waals surface area contributed by atoms with E-state index in [1.54, 1.807) is 6.20 Å². The predicted octanol–water partition coefficient (Wildman–Crippen LogP) is 4.10. The van der Waals surface area contributed by atoms with Crippen LogP contribution in [0.3, 0.4) is 0 Å². The van der Waals surface area contributed by atoms with Crippen molar-refractivity contribution in [3.8, 4) is 11.4 Å². The molecule has 0 unspecified atom stereocenters. The maximum absolute atomic E-state index is 5.96. The fraction of sp³-hybridized carbons (Fsp3) is 0.105. The first kappa shape index (κ1) is 15.6. The van der Waals surface area contributed by atoms with Gasteiger partial charge < -0.3 is 5.32 Å². The van der Waals surface area contributed by atoms with E-state index in [-0.39, 0.29) is 0 Å². The molecule has 0 amide bonds. The molecule has 0 spiro atoms. The summed E-state index contributed by atoms with van der Waals surface area (Å²) in [6.45, 7) is 0.778. The molecule has 124 valence electrons. The van der Waals surface area contributed by atoms with Crippen molar-refractivity contribution in [3.63, 3.8) is 0 Å². The van der Waals surface area contributed by atoms with Gasteiger partial charge in [0.05, 0.1) is 0 Å². The van der Waals surface area contributed by atoms with Crippen LogP contribution in [-0.2, 0) is 6.42 Å². The third-order valence-electron chi connectivity index (χ3n) is 3.98. The summed E-state index contributed by atoms with van der Waals surface area (Å²) in [7, 11) is 0. The molecule has 0 aliphatic heterocycles. The number of fused-ring (bicyclic) bond motifs is 1. The number of aromatic nitrogens is 4. The topological polar surface area (TPSA) is 55.1 Å². The van der Waals surface area contributed by atoms with Crippen LogP contribution in [-0.4, -0.2) is 26.1 Å². The van der Waals surface area contributed by atoms with Gasteiger partial charge in [0.2, 0.25) is 5.65 Å². The fourth-order valence-electron chi connectivity index (χ4n) is 2.72. The van der Waals surface area contributed by atoms with Crippen LogP contribution in [0.25, 0.3) is 17.0 Å². The Labute approximate surface area is 150 Å². The van der Waals surface area contributed by atoms with Gasteiger partial charge >= 0.3 is 0 Å². The van der Waals surface area contributed by atoms with Crippen molar-refractivity contribution >= 4 is 23.1 Å². The Morgan fingerprint density at radius 1 is 0.960 bits per heavy atom. The van der Waals surface area contributed by atoms with Crippen LogP contribution in [0.4, 0.5) is 5.82 Å². The van der Waals surface area contributed by atoms with Crippen molar-refractivity contribution < 1.29 is 0 Å². The van der Waals surface area contributed by atoms with Crippen LogP contribution >= 0.6 is 11.6 Å². The third-order valence-corrected chi connectivity index (χ3v) is 4.23. The van der Waals surface area contributed by atoms with Gasteiger partial charge in [0.25, 0.3) is 0 Å². The third kappa shape index (κ3) is 3.32. The molecule has 0 aliphatic rings.